The van der Waals surface area contributed by atoms with Crippen LogP contribution in [0.1, 0.15) is 25.7 Å². The Morgan fingerprint density at radius 1 is 1.45 bits per heavy atom. The van der Waals surface area contributed by atoms with Gasteiger partial charge in [-0.3, -0.25) is 9.59 Å². The normalized spacial score (nSPS) is 18.3. The van der Waals surface area contributed by atoms with Gasteiger partial charge in [0.15, 0.2) is 0 Å². The van der Waals surface area contributed by atoms with Crippen LogP contribution >= 0.6 is 0 Å². The van der Waals surface area contributed by atoms with Crippen molar-refractivity contribution < 1.29 is 9.59 Å². The third-order valence-corrected chi connectivity index (χ3v) is 2.28. The standard InChI is InChI=1S/C8H12NO2/c1-9(8(11)6-10)7-4-2-3-5-7/h7H,2-5H2,1H3. The average Bonchev–Trinajstić information content (AvgIpc) is 2.53. The first kappa shape index (κ1) is 8.24. The molecule has 0 aromatic rings. The SMILES string of the molecule is CN(C(=O)[C]=O)C1CCCC1. The van der Waals surface area contributed by atoms with Gasteiger partial charge in [-0.1, -0.05) is 12.8 Å². The van der Waals surface area contributed by atoms with Crippen molar-refractivity contribution in [1.29, 1.82) is 0 Å². The minimum Gasteiger partial charge on any atom is -0.336 e. The van der Waals surface area contributed by atoms with E-state index in [4.69, 9.17) is 0 Å². The first-order valence-corrected chi connectivity index (χ1v) is 3.90. The maximum Gasteiger partial charge on any atom is 0.298 e. The van der Waals surface area contributed by atoms with Crippen LogP contribution in [-0.4, -0.2) is 30.2 Å². The van der Waals surface area contributed by atoms with Gasteiger partial charge in [0.1, 0.15) is 0 Å². The van der Waals surface area contributed by atoms with Gasteiger partial charge in [-0.05, 0) is 12.8 Å². The molecule has 0 spiro atoms. The van der Waals surface area contributed by atoms with E-state index in [1.54, 1.807) is 7.05 Å². The molecular formula is C8H12NO2. The Bertz CT molecular complexity index is 161. The van der Waals surface area contributed by atoms with E-state index in [-0.39, 0.29) is 6.04 Å². The lowest BCUT2D eigenvalue weighted by Gasteiger charge is -2.20. The predicted molar refractivity (Wildman–Crippen MR) is 40.7 cm³/mol. The van der Waals surface area contributed by atoms with Gasteiger partial charge in [0, 0.05) is 13.1 Å². The fourth-order valence-corrected chi connectivity index (χ4v) is 1.53. The highest BCUT2D eigenvalue weighted by atomic mass is 16.2. The number of hydrogen-bond acceptors (Lipinski definition) is 2. The molecule has 0 heterocycles. The molecule has 0 aromatic carbocycles. The molecule has 0 atom stereocenters. The smallest absolute Gasteiger partial charge is 0.298 e. The van der Waals surface area contributed by atoms with E-state index in [1.807, 2.05) is 0 Å². The predicted octanol–water partition coefficient (Wildman–Crippen LogP) is 0.497. The molecule has 11 heavy (non-hydrogen) atoms. The molecule has 1 aliphatic carbocycles. The number of carbonyl (C=O) groups excluding carboxylic acids is 2. The summed E-state index contributed by atoms with van der Waals surface area (Å²) in [4.78, 5) is 22.3. The number of amides is 1. The second-order valence-electron chi connectivity index (χ2n) is 2.96. The molecule has 0 unspecified atom stereocenters. The molecule has 0 bridgehead atoms. The monoisotopic (exact) mass is 154 g/mol. The summed E-state index contributed by atoms with van der Waals surface area (Å²) in [5, 5.41) is 0. The number of carbonyl (C=O) groups is 1. The van der Waals surface area contributed by atoms with E-state index in [9.17, 15) is 9.59 Å². The lowest BCUT2D eigenvalue weighted by Crippen LogP contribution is -2.35. The van der Waals surface area contributed by atoms with Gasteiger partial charge >= 0.3 is 0 Å². The van der Waals surface area contributed by atoms with Crippen molar-refractivity contribution in [1.82, 2.24) is 4.90 Å². The molecule has 0 N–H and O–H groups in total. The molecule has 3 nitrogen and oxygen atoms in total. The summed E-state index contributed by atoms with van der Waals surface area (Å²) in [6.45, 7) is 0. The summed E-state index contributed by atoms with van der Waals surface area (Å²) in [5.41, 5.74) is 0. The largest absolute Gasteiger partial charge is 0.336 e. The Labute approximate surface area is 66.4 Å². The van der Waals surface area contributed by atoms with Gasteiger partial charge in [0.25, 0.3) is 12.2 Å². The molecule has 1 rings (SSSR count). The minimum atomic E-state index is -0.517. The zero-order valence-electron chi connectivity index (χ0n) is 6.67. The van der Waals surface area contributed by atoms with Crippen LogP contribution in [0.15, 0.2) is 0 Å². The molecular weight excluding hydrogens is 142 g/mol. The molecule has 61 valence electrons. The van der Waals surface area contributed by atoms with Crippen molar-refractivity contribution in [3.63, 3.8) is 0 Å². The maximum atomic E-state index is 10.8. The fraction of sp³-hybridized carbons (Fsp3) is 0.750. The van der Waals surface area contributed by atoms with Crippen LogP contribution in [0, 0.1) is 0 Å². The van der Waals surface area contributed by atoms with E-state index >= 15 is 0 Å². The highest BCUT2D eigenvalue weighted by molar-refractivity contribution is 6.23. The third-order valence-electron chi connectivity index (χ3n) is 2.28. The van der Waals surface area contributed by atoms with Crippen molar-refractivity contribution in [2.75, 3.05) is 7.05 Å². The Hall–Kier alpha value is -0.860. The van der Waals surface area contributed by atoms with E-state index in [2.05, 4.69) is 0 Å². The van der Waals surface area contributed by atoms with Crippen LogP contribution in [0.3, 0.4) is 0 Å². The zero-order chi connectivity index (χ0) is 8.27. The second-order valence-corrected chi connectivity index (χ2v) is 2.96. The summed E-state index contributed by atoms with van der Waals surface area (Å²) < 4.78 is 0. The third kappa shape index (κ3) is 1.79. The van der Waals surface area contributed by atoms with Gasteiger partial charge in [-0.25, -0.2) is 0 Å². The van der Waals surface area contributed by atoms with Crippen LogP contribution < -0.4 is 0 Å². The van der Waals surface area contributed by atoms with Crippen LogP contribution in [0.5, 0.6) is 0 Å². The van der Waals surface area contributed by atoms with Crippen LogP contribution in [-0.2, 0) is 9.59 Å². The Morgan fingerprint density at radius 3 is 2.45 bits per heavy atom. The Morgan fingerprint density at radius 2 is 2.00 bits per heavy atom. The van der Waals surface area contributed by atoms with Crippen molar-refractivity contribution in [3.8, 4) is 0 Å². The fourth-order valence-electron chi connectivity index (χ4n) is 1.53. The van der Waals surface area contributed by atoms with E-state index in [0.717, 1.165) is 12.8 Å². The van der Waals surface area contributed by atoms with Crippen LogP contribution in [0.2, 0.25) is 0 Å². The van der Waals surface area contributed by atoms with Gasteiger partial charge in [0.2, 0.25) is 0 Å². The molecule has 1 amide bonds. The van der Waals surface area contributed by atoms with E-state index < -0.39 is 5.91 Å². The van der Waals surface area contributed by atoms with E-state index in [1.165, 1.54) is 24.0 Å². The Balaban J connectivity index is 2.45. The molecule has 0 aromatic heterocycles. The molecule has 0 aliphatic heterocycles. The van der Waals surface area contributed by atoms with Crippen molar-refractivity contribution in [3.05, 3.63) is 0 Å². The summed E-state index contributed by atoms with van der Waals surface area (Å²) in [6.07, 6.45) is 5.78. The Kier molecular flexibility index (Phi) is 2.63. The molecule has 1 aliphatic rings. The molecule has 3 heteroatoms. The molecule has 1 radical (unpaired) electrons. The van der Waals surface area contributed by atoms with Gasteiger partial charge in [-0.15, -0.1) is 0 Å². The van der Waals surface area contributed by atoms with E-state index in [0.29, 0.717) is 0 Å². The summed E-state index contributed by atoms with van der Waals surface area (Å²) in [6, 6.07) is 0.281. The van der Waals surface area contributed by atoms with Crippen molar-refractivity contribution >= 4 is 12.2 Å². The van der Waals surface area contributed by atoms with Crippen LogP contribution in [0.25, 0.3) is 0 Å². The minimum absolute atomic E-state index is 0.281. The molecule has 0 saturated heterocycles. The van der Waals surface area contributed by atoms with Crippen molar-refractivity contribution in [2.24, 2.45) is 0 Å². The van der Waals surface area contributed by atoms with Gasteiger partial charge in [-0.2, -0.15) is 0 Å². The molecule has 1 fully saturated rings. The van der Waals surface area contributed by atoms with Gasteiger partial charge in [0.05, 0.1) is 0 Å². The molecule has 1 saturated carbocycles. The number of likely N-dealkylation sites (N-methyl/N-ethyl adjacent to an activating group) is 1. The highest BCUT2D eigenvalue weighted by Gasteiger charge is 2.22. The number of hydrogen-bond donors (Lipinski definition) is 0. The topological polar surface area (TPSA) is 37.4 Å². The highest BCUT2D eigenvalue weighted by Crippen LogP contribution is 2.21. The zero-order valence-corrected chi connectivity index (χ0v) is 6.67. The van der Waals surface area contributed by atoms with Crippen molar-refractivity contribution in [2.45, 2.75) is 31.7 Å². The second kappa shape index (κ2) is 3.51. The summed E-state index contributed by atoms with van der Waals surface area (Å²) in [5.74, 6) is -0.517. The summed E-state index contributed by atoms with van der Waals surface area (Å²) >= 11 is 0. The average molecular weight is 154 g/mol. The number of rotatable bonds is 2. The van der Waals surface area contributed by atoms with Gasteiger partial charge < -0.3 is 4.90 Å². The quantitative estimate of drug-likeness (QED) is 0.543. The summed E-state index contributed by atoms with van der Waals surface area (Å²) in [7, 11) is 1.67. The number of nitrogens with zero attached hydrogens (tertiary/aromatic N) is 1. The first-order chi connectivity index (χ1) is 5.25. The first-order valence-electron chi connectivity index (χ1n) is 3.90. The lowest BCUT2D eigenvalue weighted by molar-refractivity contribution is -0.124. The van der Waals surface area contributed by atoms with Crippen LogP contribution in [0.4, 0.5) is 0 Å². The maximum absolute atomic E-state index is 10.8. The lowest BCUT2D eigenvalue weighted by atomic mass is 10.2.